The molecule has 7 rings (SSSR count). The van der Waals surface area contributed by atoms with Gasteiger partial charge >= 0.3 is 17.8 Å². The number of carboxylic acid groups (broad SMARTS) is 1. The number of nitrogens with one attached hydrogen (secondary N) is 2. The van der Waals surface area contributed by atoms with E-state index in [-0.39, 0.29) is 11.7 Å². The number of carboxylic acids is 1. The number of aromatic nitrogens is 8. The summed E-state index contributed by atoms with van der Waals surface area (Å²) >= 11 is 14.4. The number of aliphatic carboxylic acids is 1. The number of hydrogen-bond acceptors (Lipinski definition) is 9. The number of imidazole rings is 1. The van der Waals surface area contributed by atoms with Crippen molar-refractivity contribution in [2.45, 2.75) is 48.5 Å². The zero-order valence-electron chi connectivity index (χ0n) is 24.3. The van der Waals surface area contributed by atoms with Crippen molar-refractivity contribution >= 4 is 80.0 Å². The van der Waals surface area contributed by atoms with Gasteiger partial charge in [0.25, 0.3) is 0 Å². The molecule has 0 bridgehead atoms. The predicted octanol–water partition coefficient (Wildman–Crippen LogP) is 6.43. The lowest BCUT2D eigenvalue weighted by Gasteiger charge is -2.33. The molecule has 0 amide bonds. The van der Waals surface area contributed by atoms with E-state index in [1.54, 1.807) is 24.7 Å². The molecule has 3 N–H and O–H groups in total. The largest absolute Gasteiger partial charge is 0.490 e. The third kappa shape index (κ3) is 6.71. The number of halogens is 5. The van der Waals surface area contributed by atoms with Gasteiger partial charge in [-0.15, -0.1) is 0 Å². The maximum absolute atomic E-state index is 12.8. The van der Waals surface area contributed by atoms with Gasteiger partial charge in [-0.2, -0.15) is 13.2 Å². The topological polar surface area (TPSA) is 159 Å². The van der Waals surface area contributed by atoms with Crippen LogP contribution in [0, 0.1) is 0 Å². The highest BCUT2D eigenvalue weighted by Gasteiger charge is 2.38. The van der Waals surface area contributed by atoms with Gasteiger partial charge in [-0.05, 0) is 55.3 Å². The fourth-order valence-electron chi connectivity index (χ4n) is 5.39. The zero-order chi connectivity index (χ0) is 33.5. The molecule has 1 aliphatic heterocycles. The van der Waals surface area contributed by atoms with E-state index < -0.39 is 12.1 Å². The molecule has 18 heteroatoms. The highest BCUT2D eigenvalue weighted by Crippen LogP contribution is 2.38. The number of H-pyrrole nitrogens is 2. The maximum Gasteiger partial charge on any atom is 0.490 e. The average Bonchev–Trinajstić information content (AvgIpc) is 3.55. The first-order valence-electron chi connectivity index (χ1n) is 14.2. The van der Waals surface area contributed by atoms with Crippen LogP contribution in [-0.2, 0) is 11.2 Å². The summed E-state index contributed by atoms with van der Waals surface area (Å²) in [6.07, 6.45) is 2.25. The second-order valence-corrected chi connectivity index (χ2v) is 12.3. The van der Waals surface area contributed by atoms with Crippen molar-refractivity contribution in [3.05, 3.63) is 69.1 Å². The molecule has 47 heavy (non-hydrogen) atoms. The van der Waals surface area contributed by atoms with Crippen LogP contribution in [0.3, 0.4) is 0 Å². The number of benzene rings is 1. The first kappa shape index (κ1) is 32.5. The molecule has 1 aliphatic rings. The number of alkyl halides is 3. The Hall–Kier alpha value is -4.41. The molecule has 12 nitrogen and oxygen atoms in total. The number of pyridine rings is 1. The van der Waals surface area contributed by atoms with Crippen LogP contribution in [0.1, 0.15) is 31.5 Å². The number of nitrogens with zero attached hydrogens (tertiary/aromatic N) is 7. The van der Waals surface area contributed by atoms with E-state index in [1.807, 2.05) is 22.8 Å². The molecule has 0 unspecified atom stereocenters. The van der Waals surface area contributed by atoms with Crippen LogP contribution in [0.4, 0.5) is 19.0 Å². The molecule has 0 aliphatic carbocycles. The van der Waals surface area contributed by atoms with Crippen LogP contribution in [0.15, 0.2) is 57.7 Å². The number of aromatic amines is 2. The Bertz CT molecular complexity index is 2180. The van der Waals surface area contributed by atoms with Gasteiger partial charge in [0.15, 0.2) is 10.8 Å². The summed E-state index contributed by atoms with van der Waals surface area (Å²) in [5, 5.41) is 9.78. The summed E-state index contributed by atoms with van der Waals surface area (Å²) in [6, 6.07) is 7.50. The minimum Gasteiger partial charge on any atom is -0.475 e. The third-order valence-corrected chi connectivity index (χ3v) is 9.01. The molecule has 1 fully saturated rings. The number of piperidine rings is 1. The van der Waals surface area contributed by atoms with Crippen LogP contribution in [0.25, 0.3) is 33.2 Å². The summed E-state index contributed by atoms with van der Waals surface area (Å²) in [6.45, 7) is 3.48. The first-order chi connectivity index (χ1) is 22.4. The normalized spacial score (nSPS) is 14.1. The van der Waals surface area contributed by atoms with Gasteiger partial charge in [0.05, 0.1) is 21.4 Å². The molecule has 6 aromatic rings. The van der Waals surface area contributed by atoms with E-state index in [9.17, 15) is 18.0 Å². The molecular formula is C29H24Cl2F3N9O3S. The first-order valence-corrected chi connectivity index (χ1v) is 15.8. The second kappa shape index (κ2) is 13.0. The molecule has 0 spiro atoms. The van der Waals surface area contributed by atoms with Crippen molar-refractivity contribution in [1.82, 2.24) is 39.5 Å². The molecule has 0 saturated carbocycles. The van der Waals surface area contributed by atoms with Crippen molar-refractivity contribution in [2.24, 2.45) is 0 Å². The maximum atomic E-state index is 12.8. The fraction of sp³-hybridized carbons (Fsp3) is 0.276. The van der Waals surface area contributed by atoms with E-state index in [2.05, 4.69) is 36.7 Å². The highest BCUT2D eigenvalue weighted by molar-refractivity contribution is 7.99. The number of aryl methyl sites for hydroxylation is 1. The Morgan fingerprint density at radius 2 is 1.81 bits per heavy atom. The van der Waals surface area contributed by atoms with Crippen LogP contribution < -0.4 is 10.6 Å². The number of hydrogen-bond donors (Lipinski definition) is 3. The molecular weight excluding hydrogens is 682 g/mol. The number of rotatable bonds is 5. The Kier molecular flexibility index (Phi) is 9.00. The lowest BCUT2D eigenvalue weighted by atomic mass is 10.0. The van der Waals surface area contributed by atoms with E-state index in [1.165, 1.54) is 11.8 Å². The lowest BCUT2D eigenvalue weighted by molar-refractivity contribution is -0.192. The molecule has 244 valence electrons. The van der Waals surface area contributed by atoms with E-state index >= 15 is 0 Å². The smallest absolute Gasteiger partial charge is 0.475 e. The Morgan fingerprint density at radius 3 is 2.51 bits per heavy atom. The molecule has 0 radical (unpaired) electrons. The van der Waals surface area contributed by atoms with Gasteiger partial charge in [-0.3, -0.25) is 9.55 Å². The van der Waals surface area contributed by atoms with Crippen molar-refractivity contribution < 1.29 is 23.1 Å². The van der Waals surface area contributed by atoms with E-state index in [4.69, 9.17) is 43.1 Å². The van der Waals surface area contributed by atoms with Crippen molar-refractivity contribution in [3.8, 4) is 0 Å². The number of carbonyl (C=O) groups is 1. The summed E-state index contributed by atoms with van der Waals surface area (Å²) in [7, 11) is 0. The molecule has 5 aromatic heterocycles. The van der Waals surface area contributed by atoms with Gasteiger partial charge in [-0.25, -0.2) is 29.5 Å². The van der Waals surface area contributed by atoms with Crippen LogP contribution in [0.5, 0.6) is 0 Å². The van der Waals surface area contributed by atoms with Crippen molar-refractivity contribution in [2.75, 3.05) is 18.0 Å². The van der Waals surface area contributed by atoms with E-state index in [0.717, 1.165) is 52.1 Å². The summed E-state index contributed by atoms with van der Waals surface area (Å²) < 4.78 is 33.6. The Labute approximate surface area is 277 Å². The molecule has 1 aromatic carbocycles. The number of anilines is 1. The Balaban J connectivity index is 0.000000499. The van der Waals surface area contributed by atoms with Crippen LogP contribution >= 0.6 is 35.0 Å². The summed E-state index contributed by atoms with van der Waals surface area (Å²) in [4.78, 5) is 54.0. The third-order valence-electron chi connectivity index (χ3n) is 7.54. The SMILES string of the molecule is CCc1[nH]c2nc(Sc3cnc4nccnc4c3)nc(N3CCC(n4c(=O)[nH]c5cc(Cl)ccc54)CC3)c2c1Cl.O=C(O)C(F)(F)F. The minimum absolute atomic E-state index is 0.0579. The van der Waals surface area contributed by atoms with Gasteiger partial charge < -0.3 is 20.0 Å². The Morgan fingerprint density at radius 1 is 1.09 bits per heavy atom. The monoisotopic (exact) mass is 705 g/mol. The quantitative estimate of drug-likeness (QED) is 0.171. The zero-order valence-corrected chi connectivity index (χ0v) is 26.7. The standard InChI is InChI=1S/C27H23Cl2N9OS.C2HF3O2/c1-2-17-22(29)21-24(33-17)35-26(40-16-12-19-23(32-13-16)31-8-7-30-19)36-25(21)37-9-5-15(6-10-37)38-20-4-3-14(28)11-18(20)34-27(38)39;3-2(4,5)1(6)7/h3-4,7-8,11-13,15H,2,5-6,9-10H2,1H3,(H,34,39)(H,33,35,36);(H,6,7). The molecule has 1 saturated heterocycles. The molecule has 6 heterocycles. The average molecular weight is 707 g/mol. The van der Waals surface area contributed by atoms with Gasteiger partial charge in [0, 0.05) is 53.3 Å². The molecule has 0 atom stereocenters. The highest BCUT2D eigenvalue weighted by atomic mass is 35.5. The minimum atomic E-state index is -5.08. The van der Waals surface area contributed by atoms with E-state index in [0.29, 0.717) is 45.1 Å². The second-order valence-electron chi connectivity index (χ2n) is 10.5. The van der Waals surface area contributed by atoms with Gasteiger partial charge in [-0.1, -0.05) is 30.1 Å². The van der Waals surface area contributed by atoms with Crippen molar-refractivity contribution in [3.63, 3.8) is 0 Å². The number of fused-ring (bicyclic) bond motifs is 3. The fourth-order valence-corrected chi connectivity index (χ4v) is 6.67. The van der Waals surface area contributed by atoms with Crippen molar-refractivity contribution in [1.29, 1.82) is 0 Å². The summed E-state index contributed by atoms with van der Waals surface area (Å²) in [5.41, 5.74) is 4.43. The van der Waals surface area contributed by atoms with Crippen LogP contribution in [-0.4, -0.2) is 69.8 Å². The lowest BCUT2D eigenvalue weighted by Crippen LogP contribution is -2.37. The summed E-state index contributed by atoms with van der Waals surface area (Å²) in [5.74, 6) is -1.97. The van der Waals surface area contributed by atoms with Gasteiger partial charge in [0.1, 0.15) is 17.0 Å². The van der Waals surface area contributed by atoms with Gasteiger partial charge in [0.2, 0.25) is 0 Å². The predicted molar refractivity (Wildman–Crippen MR) is 171 cm³/mol. The van der Waals surface area contributed by atoms with Crippen LogP contribution in [0.2, 0.25) is 10.0 Å².